The van der Waals surface area contributed by atoms with E-state index in [0.717, 1.165) is 18.4 Å². The third-order valence-corrected chi connectivity index (χ3v) is 3.65. The van der Waals surface area contributed by atoms with Crippen LogP contribution in [0.3, 0.4) is 0 Å². The maximum atomic E-state index is 9.87. The number of unbranched alkanes of at least 4 members (excludes halogenated alkanes) is 6. The van der Waals surface area contributed by atoms with Crippen LogP contribution < -0.4 is 0 Å². The van der Waals surface area contributed by atoms with Gasteiger partial charge in [0.2, 0.25) is 0 Å². The molecule has 0 fully saturated rings. The van der Waals surface area contributed by atoms with Gasteiger partial charge in [-0.15, -0.1) is 6.58 Å². The van der Waals surface area contributed by atoms with Gasteiger partial charge < -0.3 is 5.11 Å². The summed E-state index contributed by atoms with van der Waals surface area (Å²) in [7, 11) is 0. The predicted octanol–water partition coefficient (Wildman–Crippen LogP) is 5.41. The van der Waals surface area contributed by atoms with Crippen LogP contribution in [0.2, 0.25) is 0 Å². The highest BCUT2D eigenvalue weighted by Gasteiger charge is 2.05. The van der Waals surface area contributed by atoms with Gasteiger partial charge in [0, 0.05) is 5.56 Å². The van der Waals surface area contributed by atoms with Gasteiger partial charge in [0.15, 0.2) is 0 Å². The molecule has 0 aliphatic rings. The van der Waals surface area contributed by atoms with Gasteiger partial charge in [0.05, 0.1) is 0 Å². The number of hydrogen-bond acceptors (Lipinski definition) is 1. The van der Waals surface area contributed by atoms with E-state index in [-0.39, 0.29) is 0 Å². The van der Waals surface area contributed by atoms with Crippen molar-refractivity contribution < 1.29 is 5.11 Å². The second-order valence-corrected chi connectivity index (χ2v) is 5.28. The standard InChI is InChI=1S/C18H28O/c1-3-5-6-7-8-9-10-13-16-14-11-15-18(19)17(16)12-4-2/h4,11,14-15,19H,2-3,5-10,12-13H2,1H3. The summed E-state index contributed by atoms with van der Waals surface area (Å²) in [5.74, 6) is 0.417. The fraction of sp³-hybridized carbons (Fsp3) is 0.556. The molecule has 106 valence electrons. The smallest absolute Gasteiger partial charge is 0.119 e. The number of aryl methyl sites for hydroxylation is 1. The first-order valence-corrected chi connectivity index (χ1v) is 7.70. The predicted molar refractivity (Wildman–Crippen MR) is 83.7 cm³/mol. The van der Waals surface area contributed by atoms with Crippen molar-refractivity contribution in [1.29, 1.82) is 0 Å². The summed E-state index contributed by atoms with van der Waals surface area (Å²) < 4.78 is 0. The van der Waals surface area contributed by atoms with Crippen LogP contribution in [-0.4, -0.2) is 5.11 Å². The zero-order valence-corrected chi connectivity index (χ0v) is 12.3. The largest absolute Gasteiger partial charge is 0.508 e. The van der Waals surface area contributed by atoms with Gasteiger partial charge in [0.1, 0.15) is 5.75 Å². The number of allylic oxidation sites excluding steroid dienone is 1. The highest BCUT2D eigenvalue weighted by molar-refractivity contribution is 5.40. The molecule has 1 nitrogen and oxygen atoms in total. The monoisotopic (exact) mass is 260 g/mol. The minimum absolute atomic E-state index is 0.417. The molecular formula is C18H28O. The van der Waals surface area contributed by atoms with E-state index in [0.29, 0.717) is 5.75 Å². The van der Waals surface area contributed by atoms with Gasteiger partial charge in [-0.05, 0) is 30.9 Å². The van der Waals surface area contributed by atoms with Crippen LogP contribution in [0.5, 0.6) is 5.75 Å². The van der Waals surface area contributed by atoms with Crippen molar-refractivity contribution in [2.75, 3.05) is 0 Å². The number of rotatable bonds is 10. The number of aromatic hydroxyl groups is 1. The van der Waals surface area contributed by atoms with E-state index in [4.69, 9.17) is 0 Å². The van der Waals surface area contributed by atoms with Crippen molar-refractivity contribution in [2.24, 2.45) is 0 Å². The summed E-state index contributed by atoms with van der Waals surface area (Å²) in [5, 5.41) is 9.87. The first-order chi connectivity index (χ1) is 9.29. The molecule has 1 aromatic carbocycles. The SMILES string of the molecule is C=CCc1c(O)cccc1CCCCCCCCC. The van der Waals surface area contributed by atoms with Crippen LogP contribution in [0.25, 0.3) is 0 Å². The Morgan fingerprint density at radius 3 is 2.42 bits per heavy atom. The molecule has 0 aliphatic heterocycles. The molecule has 0 spiro atoms. The average molecular weight is 260 g/mol. The highest BCUT2D eigenvalue weighted by atomic mass is 16.3. The molecular weight excluding hydrogens is 232 g/mol. The molecule has 0 unspecified atom stereocenters. The van der Waals surface area contributed by atoms with Crippen LogP contribution in [-0.2, 0) is 12.8 Å². The van der Waals surface area contributed by atoms with Crippen molar-refractivity contribution in [2.45, 2.75) is 64.7 Å². The van der Waals surface area contributed by atoms with Crippen molar-refractivity contribution in [3.63, 3.8) is 0 Å². The Kier molecular flexibility index (Phi) is 8.04. The topological polar surface area (TPSA) is 20.2 Å². The Morgan fingerprint density at radius 2 is 1.74 bits per heavy atom. The first kappa shape index (κ1) is 15.8. The van der Waals surface area contributed by atoms with E-state index in [2.05, 4.69) is 19.6 Å². The molecule has 0 aromatic heterocycles. The summed E-state index contributed by atoms with van der Waals surface area (Å²) in [5.41, 5.74) is 2.34. The number of benzene rings is 1. The normalized spacial score (nSPS) is 10.6. The van der Waals surface area contributed by atoms with Crippen LogP contribution in [0.15, 0.2) is 30.9 Å². The highest BCUT2D eigenvalue weighted by Crippen LogP contribution is 2.23. The number of phenolic OH excluding ortho intramolecular Hbond substituents is 1. The van der Waals surface area contributed by atoms with Crippen molar-refractivity contribution in [1.82, 2.24) is 0 Å². The lowest BCUT2D eigenvalue weighted by molar-refractivity contribution is 0.468. The molecule has 0 saturated carbocycles. The van der Waals surface area contributed by atoms with E-state index < -0.39 is 0 Å². The Hall–Kier alpha value is -1.24. The summed E-state index contributed by atoms with van der Waals surface area (Å²) in [6.07, 6.45) is 13.0. The first-order valence-electron chi connectivity index (χ1n) is 7.70. The van der Waals surface area contributed by atoms with Gasteiger partial charge in [-0.1, -0.05) is 63.7 Å². The van der Waals surface area contributed by atoms with E-state index in [9.17, 15) is 5.11 Å². The molecule has 0 heterocycles. The number of phenols is 1. The Balaban J connectivity index is 2.32. The maximum absolute atomic E-state index is 9.87. The second kappa shape index (κ2) is 9.66. The Bertz CT molecular complexity index is 368. The van der Waals surface area contributed by atoms with Gasteiger partial charge in [-0.25, -0.2) is 0 Å². The van der Waals surface area contributed by atoms with Crippen LogP contribution >= 0.6 is 0 Å². The third kappa shape index (κ3) is 5.96. The lowest BCUT2D eigenvalue weighted by atomic mass is 9.97. The fourth-order valence-electron chi connectivity index (χ4n) is 2.51. The van der Waals surface area contributed by atoms with Crippen molar-refractivity contribution >= 4 is 0 Å². The summed E-state index contributed by atoms with van der Waals surface area (Å²) in [6.45, 7) is 6.02. The quantitative estimate of drug-likeness (QED) is 0.440. The molecule has 1 aromatic rings. The van der Waals surface area contributed by atoms with E-state index in [1.54, 1.807) is 6.07 Å². The van der Waals surface area contributed by atoms with E-state index >= 15 is 0 Å². The maximum Gasteiger partial charge on any atom is 0.119 e. The van der Waals surface area contributed by atoms with E-state index in [1.165, 1.54) is 50.5 Å². The number of hydrogen-bond donors (Lipinski definition) is 1. The molecule has 0 atom stereocenters. The molecule has 0 aliphatic carbocycles. The molecule has 0 bridgehead atoms. The molecule has 1 rings (SSSR count). The molecule has 0 radical (unpaired) electrons. The van der Waals surface area contributed by atoms with Crippen LogP contribution in [0.1, 0.15) is 63.0 Å². The summed E-state index contributed by atoms with van der Waals surface area (Å²) >= 11 is 0. The lowest BCUT2D eigenvalue weighted by Gasteiger charge is -2.09. The Morgan fingerprint density at radius 1 is 1.05 bits per heavy atom. The van der Waals surface area contributed by atoms with Gasteiger partial charge in [-0.3, -0.25) is 0 Å². The van der Waals surface area contributed by atoms with Gasteiger partial charge in [0.25, 0.3) is 0 Å². The summed E-state index contributed by atoms with van der Waals surface area (Å²) in [4.78, 5) is 0. The van der Waals surface area contributed by atoms with Crippen LogP contribution in [0, 0.1) is 0 Å². The lowest BCUT2D eigenvalue weighted by Crippen LogP contribution is -1.94. The average Bonchev–Trinajstić information content (AvgIpc) is 2.41. The molecule has 1 heteroatoms. The van der Waals surface area contributed by atoms with Gasteiger partial charge in [-0.2, -0.15) is 0 Å². The molecule has 1 N–H and O–H groups in total. The zero-order chi connectivity index (χ0) is 13.9. The fourth-order valence-corrected chi connectivity index (χ4v) is 2.51. The molecule has 0 saturated heterocycles. The zero-order valence-electron chi connectivity index (χ0n) is 12.3. The van der Waals surface area contributed by atoms with Crippen molar-refractivity contribution in [3.05, 3.63) is 42.0 Å². The van der Waals surface area contributed by atoms with Crippen LogP contribution in [0.4, 0.5) is 0 Å². The minimum atomic E-state index is 0.417. The summed E-state index contributed by atoms with van der Waals surface area (Å²) in [6, 6.07) is 5.85. The van der Waals surface area contributed by atoms with E-state index in [1.807, 2.05) is 12.1 Å². The third-order valence-electron chi connectivity index (χ3n) is 3.65. The molecule has 19 heavy (non-hydrogen) atoms. The minimum Gasteiger partial charge on any atom is -0.508 e. The second-order valence-electron chi connectivity index (χ2n) is 5.28. The molecule has 0 amide bonds. The Labute approximate surface area is 118 Å². The van der Waals surface area contributed by atoms with Crippen molar-refractivity contribution in [3.8, 4) is 5.75 Å². The van der Waals surface area contributed by atoms with Gasteiger partial charge >= 0.3 is 0 Å².